The molecule has 1 aromatic rings. The third-order valence-corrected chi connectivity index (χ3v) is 5.08. The van der Waals surface area contributed by atoms with Crippen molar-refractivity contribution in [3.8, 4) is 11.5 Å². The van der Waals surface area contributed by atoms with Crippen LogP contribution in [-0.2, 0) is 16.0 Å². The molecule has 1 saturated carbocycles. The van der Waals surface area contributed by atoms with Crippen molar-refractivity contribution in [3.63, 3.8) is 0 Å². The van der Waals surface area contributed by atoms with Crippen molar-refractivity contribution < 1.29 is 19.7 Å². The third-order valence-electron chi connectivity index (χ3n) is 5.08. The lowest BCUT2D eigenvalue weighted by Gasteiger charge is -2.39. The number of fused-ring (bicyclic) bond motifs is 1. The number of carbonyl (C=O) groups is 1. The topological polar surface area (TPSA) is 92.8 Å². The van der Waals surface area contributed by atoms with Crippen LogP contribution in [0.1, 0.15) is 42.9 Å². The summed E-state index contributed by atoms with van der Waals surface area (Å²) in [5, 5.41) is 19.9. The van der Waals surface area contributed by atoms with Gasteiger partial charge in [0.1, 0.15) is 6.29 Å². The molecule has 4 atom stereocenters. The molecule has 0 radical (unpaired) electrons. The van der Waals surface area contributed by atoms with E-state index in [0.29, 0.717) is 18.9 Å². The summed E-state index contributed by atoms with van der Waals surface area (Å²) >= 11 is 0. The number of aldehydes is 1. The number of nitrogens with two attached hydrogens (primary N) is 1. The molecule has 120 valence electrons. The average molecular weight is 305 g/mol. The van der Waals surface area contributed by atoms with E-state index >= 15 is 0 Å². The molecule has 5 heteroatoms. The zero-order valence-electron chi connectivity index (χ0n) is 12.6. The highest BCUT2D eigenvalue weighted by Gasteiger charge is 2.36. The van der Waals surface area contributed by atoms with Crippen LogP contribution in [0.15, 0.2) is 12.1 Å². The van der Waals surface area contributed by atoms with Gasteiger partial charge >= 0.3 is 0 Å². The molecule has 1 fully saturated rings. The number of benzene rings is 1. The van der Waals surface area contributed by atoms with Gasteiger partial charge in [0.25, 0.3) is 0 Å². The van der Waals surface area contributed by atoms with Crippen molar-refractivity contribution in [3.05, 3.63) is 23.3 Å². The van der Waals surface area contributed by atoms with Crippen LogP contribution in [0.4, 0.5) is 0 Å². The fourth-order valence-electron chi connectivity index (χ4n) is 3.88. The van der Waals surface area contributed by atoms with E-state index in [0.717, 1.165) is 43.1 Å². The minimum atomic E-state index is -0.267. The van der Waals surface area contributed by atoms with Crippen molar-refractivity contribution in [1.29, 1.82) is 0 Å². The summed E-state index contributed by atoms with van der Waals surface area (Å²) in [7, 11) is 0. The monoisotopic (exact) mass is 305 g/mol. The number of rotatable bonds is 3. The molecule has 1 aromatic carbocycles. The standard InChI is InChI=1S/C17H23NO4/c18-8-16-12-4-5-14(20)17(21)13(12)7-15(22-16)11-3-1-2-10(6-11)9-19/h4-5,9-11,15-16,20-21H,1-3,6-8,18H2. The van der Waals surface area contributed by atoms with Crippen molar-refractivity contribution >= 4 is 6.29 Å². The second-order valence-electron chi connectivity index (χ2n) is 6.43. The molecule has 0 amide bonds. The lowest BCUT2D eigenvalue weighted by atomic mass is 9.76. The highest BCUT2D eigenvalue weighted by Crippen LogP contribution is 2.43. The van der Waals surface area contributed by atoms with E-state index in [9.17, 15) is 15.0 Å². The molecule has 4 N–H and O–H groups in total. The van der Waals surface area contributed by atoms with Crippen LogP contribution in [0, 0.1) is 11.8 Å². The number of phenolic OH excluding ortho intramolecular Hbond substituents is 2. The molecule has 0 saturated heterocycles. The Morgan fingerprint density at radius 2 is 2.14 bits per heavy atom. The van der Waals surface area contributed by atoms with E-state index in [4.69, 9.17) is 10.5 Å². The highest BCUT2D eigenvalue weighted by atomic mass is 16.5. The molecule has 0 bridgehead atoms. The van der Waals surface area contributed by atoms with E-state index in [-0.39, 0.29) is 29.6 Å². The van der Waals surface area contributed by atoms with Gasteiger partial charge in [0.15, 0.2) is 11.5 Å². The molecule has 0 spiro atoms. The summed E-state index contributed by atoms with van der Waals surface area (Å²) in [4.78, 5) is 11.1. The first kappa shape index (κ1) is 15.3. The van der Waals surface area contributed by atoms with Crippen LogP contribution in [0.3, 0.4) is 0 Å². The predicted octanol–water partition coefficient (Wildman–Crippen LogP) is 2.04. The number of phenols is 2. The average Bonchev–Trinajstić information content (AvgIpc) is 2.57. The smallest absolute Gasteiger partial charge is 0.161 e. The SMILES string of the molecule is NCC1OC(C2CCCC(C=O)C2)Cc2c1ccc(O)c2O. The van der Waals surface area contributed by atoms with Gasteiger partial charge in [-0.2, -0.15) is 0 Å². The zero-order chi connectivity index (χ0) is 15.7. The van der Waals surface area contributed by atoms with E-state index in [2.05, 4.69) is 0 Å². The Morgan fingerprint density at radius 3 is 2.86 bits per heavy atom. The molecular formula is C17H23NO4. The Balaban J connectivity index is 1.87. The van der Waals surface area contributed by atoms with E-state index in [1.165, 1.54) is 6.07 Å². The summed E-state index contributed by atoms with van der Waals surface area (Å²) in [6.07, 6.45) is 5.13. The van der Waals surface area contributed by atoms with Gasteiger partial charge in [0.05, 0.1) is 12.2 Å². The number of carbonyl (C=O) groups excluding carboxylic acids is 1. The molecule has 3 rings (SSSR count). The summed E-state index contributed by atoms with van der Waals surface area (Å²) in [6.45, 7) is 0.331. The molecule has 0 aromatic heterocycles. The molecule has 1 heterocycles. The molecule has 1 aliphatic heterocycles. The van der Waals surface area contributed by atoms with Crippen molar-refractivity contribution in [2.24, 2.45) is 17.6 Å². The van der Waals surface area contributed by atoms with Gasteiger partial charge in [-0.25, -0.2) is 0 Å². The fourth-order valence-corrected chi connectivity index (χ4v) is 3.88. The Bertz CT molecular complexity index is 560. The van der Waals surface area contributed by atoms with Crippen molar-refractivity contribution in [1.82, 2.24) is 0 Å². The molecule has 1 aliphatic carbocycles. The minimum Gasteiger partial charge on any atom is -0.504 e. The minimum absolute atomic E-state index is 0.0588. The van der Waals surface area contributed by atoms with Crippen molar-refractivity contribution in [2.45, 2.75) is 44.3 Å². The summed E-state index contributed by atoms with van der Waals surface area (Å²) < 4.78 is 6.16. The Labute approximate surface area is 130 Å². The number of aromatic hydroxyl groups is 2. The lowest BCUT2D eigenvalue weighted by molar-refractivity contribution is -0.114. The Kier molecular flexibility index (Phi) is 4.36. The number of ether oxygens (including phenoxy) is 1. The second kappa shape index (κ2) is 6.26. The molecular weight excluding hydrogens is 282 g/mol. The number of hydrogen-bond acceptors (Lipinski definition) is 5. The second-order valence-corrected chi connectivity index (χ2v) is 6.43. The Morgan fingerprint density at radius 1 is 1.32 bits per heavy atom. The first-order valence-electron chi connectivity index (χ1n) is 7.98. The van der Waals surface area contributed by atoms with Gasteiger partial charge in [0.2, 0.25) is 0 Å². The van der Waals surface area contributed by atoms with Crippen LogP contribution in [0.2, 0.25) is 0 Å². The fraction of sp³-hybridized carbons (Fsp3) is 0.588. The van der Waals surface area contributed by atoms with E-state index < -0.39 is 0 Å². The van der Waals surface area contributed by atoms with Crippen LogP contribution >= 0.6 is 0 Å². The first-order valence-corrected chi connectivity index (χ1v) is 7.98. The lowest BCUT2D eigenvalue weighted by Crippen LogP contribution is -2.37. The summed E-state index contributed by atoms with van der Waals surface area (Å²) in [5.41, 5.74) is 7.42. The van der Waals surface area contributed by atoms with Crippen molar-refractivity contribution in [2.75, 3.05) is 6.54 Å². The highest BCUT2D eigenvalue weighted by molar-refractivity contribution is 5.54. The Hall–Kier alpha value is -1.59. The molecule has 2 aliphatic rings. The molecule has 5 nitrogen and oxygen atoms in total. The third kappa shape index (κ3) is 2.71. The van der Waals surface area contributed by atoms with Crippen LogP contribution < -0.4 is 5.73 Å². The maximum atomic E-state index is 11.1. The molecule has 22 heavy (non-hydrogen) atoms. The first-order chi connectivity index (χ1) is 10.6. The summed E-state index contributed by atoms with van der Waals surface area (Å²) in [6, 6.07) is 3.25. The van der Waals surface area contributed by atoms with Crippen LogP contribution in [-0.4, -0.2) is 29.1 Å². The van der Waals surface area contributed by atoms with Gasteiger partial charge in [-0.15, -0.1) is 0 Å². The largest absolute Gasteiger partial charge is 0.504 e. The van der Waals surface area contributed by atoms with Gasteiger partial charge in [0, 0.05) is 24.4 Å². The number of hydrogen-bond donors (Lipinski definition) is 3. The quantitative estimate of drug-likeness (QED) is 0.587. The van der Waals surface area contributed by atoms with E-state index in [1.807, 2.05) is 0 Å². The predicted molar refractivity (Wildman–Crippen MR) is 81.7 cm³/mol. The van der Waals surface area contributed by atoms with E-state index in [1.54, 1.807) is 6.07 Å². The van der Waals surface area contributed by atoms with Gasteiger partial charge in [-0.05, 0) is 36.8 Å². The van der Waals surface area contributed by atoms with Gasteiger partial charge in [-0.1, -0.05) is 12.5 Å². The zero-order valence-corrected chi connectivity index (χ0v) is 12.6. The molecule has 4 unspecified atom stereocenters. The normalized spacial score (nSPS) is 31.5. The maximum Gasteiger partial charge on any atom is 0.161 e. The maximum absolute atomic E-state index is 11.1. The summed E-state index contributed by atoms with van der Waals surface area (Å²) in [5.74, 6) is 0.238. The van der Waals surface area contributed by atoms with Gasteiger partial charge < -0.3 is 25.5 Å². The van der Waals surface area contributed by atoms with Gasteiger partial charge in [-0.3, -0.25) is 0 Å². The van der Waals surface area contributed by atoms with Crippen LogP contribution in [0.25, 0.3) is 0 Å². The van der Waals surface area contributed by atoms with Crippen LogP contribution in [0.5, 0.6) is 11.5 Å².